The molecule has 0 unspecified atom stereocenters. The lowest BCUT2D eigenvalue weighted by atomic mass is 10.1. The highest BCUT2D eigenvalue weighted by Crippen LogP contribution is 2.08. The Bertz CT molecular complexity index is 459. The van der Waals surface area contributed by atoms with Crippen molar-refractivity contribution in [1.29, 1.82) is 0 Å². The molecule has 2 rings (SSSR count). The third-order valence-electron chi connectivity index (χ3n) is 3.49. The van der Waals surface area contributed by atoms with E-state index in [0.717, 1.165) is 31.6 Å². The number of furan rings is 1. The molecule has 0 saturated carbocycles. The van der Waals surface area contributed by atoms with Crippen molar-refractivity contribution in [3.05, 3.63) is 59.5 Å². The lowest BCUT2D eigenvalue weighted by Gasteiger charge is -2.13. The molecular formula is C17H23NO. The first-order valence-electron chi connectivity index (χ1n) is 7.11. The fraction of sp³-hybridized carbons (Fsp3) is 0.412. The first-order valence-corrected chi connectivity index (χ1v) is 7.11. The SMILES string of the molecule is CCc1ccc(CN[C@@H](C)CCc2ccco2)cc1. The van der Waals surface area contributed by atoms with E-state index in [1.807, 2.05) is 12.1 Å². The first-order chi connectivity index (χ1) is 9.28. The number of benzene rings is 1. The zero-order valence-corrected chi connectivity index (χ0v) is 11.9. The molecule has 1 heterocycles. The minimum atomic E-state index is 0.496. The Balaban J connectivity index is 1.71. The zero-order chi connectivity index (χ0) is 13.5. The van der Waals surface area contributed by atoms with E-state index in [0.29, 0.717) is 6.04 Å². The quantitative estimate of drug-likeness (QED) is 0.812. The van der Waals surface area contributed by atoms with Crippen molar-refractivity contribution < 1.29 is 4.42 Å². The van der Waals surface area contributed by atoms with Crippen molar-refractivity contribution in [1.82, 2.24) is 5.32 Å². The summed E-state index contributed by atoms with van der Waals surface area (Å²) < 4.78 is 5.34. The first kappa shape index (κ1) is 13.9. The van der Waals surface area contributed by atoms with E-state index < -0.39 is 0 Å². The summed E-state index contributed by atoms with van der Waals surface area (Å²) in [7, 11) is 0. The van der Waals surface area contributed by atoms with Gasteiger partial charge in [-0.05, 0) is 43.0 Å². The van der Waals surface area contributed by atoms with Crippen molar-refractivity contribution in [2.45, 2.75) is 45.7 Å². The van der Waals surface area contributed by atoms with Crippen molar-refractivity contribution in [2.75, 3.05) is 0 Å². The van der Waals surface area contributed by atoms with Crippen LogP contribution in [0, 0.1) is 0 Å². The summed E-state index contributed by atoms with van der Waals surface area (Å²) in [6.07, 6.45) is 4.94. The Morgan fingerprint density at radius 1 is 1.11 bits per heavy atom. The van der Waals surface area contributed by atoms with Gasteiger partial charge in [0, 0.05) is 19.0 Å². The monoisotopic (exact) mass is 257 g/mol. The van der Waals surface area contributed by atoms with Crippen LogP contribution in [0.25, 0.3) is 0 Å². The summed E-state index contributed by atoms with van der Waals surface area (Å²) in [5, 5.41) is 3.56. The molecule has 0 amide bonds. The molecule has 0 aliphatic rings. The highest BCUT2D eigenvalue weighted by molar-refractivity contribution is 5.22. The molecule has 1 aromatic carbocycles. The molecule has 102 valence electrons. The second-order valence-electron chi connectivity index (χ2n) is 5.07. The summed E-state index contributed by atoms with van der Waals surface area (Å²) >= 11 is 0. The standard InChI is InChI=1S/C17H23NO/c1-3-15-7-9-16(10-8-15)13-18-14(2)6-11-17-5-4-12-19-17/h4-5,7-10,12,14,18H,3,6,11,13H2,1-2H3/t14-/m0/s1. The summed E-state index contributed by atoms with van der Waals surface area (Å²) in [5.41, 5.74) is 2.75. The van der Waals surface area contributed by atoms with Gasteiger partial charge in [0.25, 0.3) is 0 Å². The number of hydrogen-bond donors (Lipinski definition) is 1. The second-order valence-corrected chi connectivity index (χ2v) is 5.07. The molecular weight excluding hydrogens is 234 g/mol. The Labute approximate surface area is 115 Å². The molecule has 1 atom stereocenters. The Morgan fingerprint density at radius 2 is 1.84 bits per heavy atom. The summed E-state index contributed by atoms with van der Waals surface area (Å²) in [4.78, 5) is 0. The average Bonchev–Trinajstić information content (AvgIpc) is 2.96. The Hall–Kier alpha value is -1.54. The van der Waals surface area contributed by atoms with Crippen LogP contribution < -0.4 is 5.32 Å². The third-order valence-corrected chi connectivity index (χ3v) is 3.49. The van der Waals surface area contributed by atoms with Gasteiger partial charge in [-0.3, -0.25) is 0 Å². The zero-order valence-electron chi connectivity index (χ0n) is 11.9. The molecule has 1 N–H and O–H groups in total. The molecule has 0 aliphatic heterocycles. The highest BCUT2D eigenvalue weighted by Gasteiger charge is 2.04. The van der Waals surface area contributed by atoms with E-state index in [1.165, 1.54) is 11.1 Å². The third kappa shape index (κ3) is 4.56. The predicted molar refractivity (Wildman–Crippen MR) is 79.2 cm³/mol. The molecule has 0 bridgehead atoms. The predicted octanol–water partition coefficient (Wildman–Crippen LogP) is 3.95. The van der Waals surface area contributed by atoms with E-state index in [9.17, 15) is 0 Å². The maximum atomic E-state index is 5.34. The van der Waals surface area contributed by atoms with Crippen molar-refractivity contribution in [2.24, 2.45) is 0 Å². The summed E-state index contributed by atoms with van der Waals surface area (Å²) in [5.74, 6) is 1.07. The van der Waals surface area contributed by atoms with Crippen LogP contribution in [0.3, 0.4) is 0 Å². The van der Waals surface area contributed by atoms with Gasteiger partial charge < -0.3 is 9.73 Å². The van der Waals surface area contributed by atoms with Crippen molar-refractivity contribution in [3.8, 4) is 0 Å². The molecule has 2 heteroatoms. The van der Waals surface area contributed by atoms with E-state index in [4.69, 9.17) is 4.42 Å². The van der Waals surface area contributed by atoms with E-state index >= 15 is 0 Å². The van der Waals surface area contributed by atoms with Crippen molar-refractivity contribution in [3.63, 3.8) is 0 Å². The number of aryl methyl sites for hydroxylation is 2. The maximum absolute atomic E-state index is 5.34. The van der Waals surface area contributed by atoms with Crippen LogP contribution in [-0.2, 0) is 19.4 Å². The molecule has 19 heavy (non-hydrogen) atoms. The minimum absolute atomic E-state index is 0.496. The van der Waals surface area contributed by atoms with Gasteiger partial charge in [0.05, 0.1) is 6.26 Å². The molecule has 1 aromatic heterocycles. The van der Waals surface area contributed by atoms with Gasteiger partial charge >= 0.3 is 0 Å². The number of nitrogens with one attached hydrogen (secondary N) is 1. The molecule has 2 nitrogen and oxygen atoms in total. The molecule has 0 spiro atoms. The molecule has 0 radical (unpaired) electrons. The largest absolute Gasteiger partial charge is 0.469 e. The normalized spacial score (nSPS) is 12.5. The van der Waals surface area contributed by atoms with Gasteiger partial charge in [-0.2, -0.15) is 0 Å². The topological polar surface area (TPSA) is 25.2 Å². The van der Waals surface area contributed by atoms with Crippen molar-refractivity contribution >= 4 is 0 Å². The average molecular weight is 257 g/mol. The van der Waals surface area contributed by atoms with Crippen LogP contribution in [0.2, 0.25) is 0 Å². The smallest absolute Gasteiger partial charge is 0.103 e. The molecule has 0 aliphatic carbocycles. The number of rotatable bonds is 7. The van der Waals surface area contributed by atoms with Gasteiger partial charge in [0.1, 0.15) is 5.76 Å². The minimum Gasteiger partial charge on any atom is -0.469 e. The highest BCUT2D eigenvalue weighted by atomic mass is 16.3. The molecule has 2 aromatic rings. The molecule has 0 fully saturated rings. The fourth-order valence-corrected chi connectivity index (χ4v) is 2.10. The van der Waals surface area contributed by atoms with Crippen LogP contribution in [0.4, 0.5) is 0 Å². The van der Waals surface area contributed by atoms with Gasteiger partial charge in [-0.1, -0.05) is 31.2 Å². The van der Waals surface area contributed by atoms with E-state index in [1.54, 1.807) is 6.26 Å². The maximum Gasteiger partial charge on any atom is 0.103 e. The van der Waals surface area contributed by atoms with Gasteiger partial charge in [0.2, 0.25) is 0 Å². The number of hydrogen-bond acceptors (Lipinski definition) is 2. The summed E-state index contributed by atoms with van der Waals surface area (Å²) in [6, 6.07) is 13.3. The van der Waals surface area contributed by atoms with Crippen LogP contribution >= 0.6 is 0 Å². The fourth-order valence-electron chi connectivity index (χ4n) is 2.10. The lowest BCUT2D eigenvalue weighted by Crippen LogP contribution is -2.25. The Morgan fingerprint density at radius 3 is 2.47 bits per heavy atom. The lowest BCUT2D eigenvalue weighted by molar-refractivity contribution is 0.460. The molecule has 0 saturated heterocycles. The van der Waals surface area contributed by atoms with Gasteiger partial charge in [0.15, 0.2) is 0 Å². The summed E-state index contributed by atoms with van der Waals surface area (Å²) in [6.45, 7) is 5.34. The second kappa shape index (κ2) is 7.15. The van der Waals surface area contributed by atoms with Crippen LogP contribution in [0.1, 0.15) is 37.2 Å². The van der Waals surface area contributed by atoms with Crippen LogP contribution in [-0.4, -0.2) is 6.04 Å². The van der Waals surface area contributed by atoms with Gasteiger partial charge in [-0.15, -0.1) is 0 Å². The van der Waals surface area contributed by atoms with Gasteiger partial charge in [-0.25, -0.2) is 0 Å². The van der Waals surface area contributed by atoms with Crippen LogP contribution in [0.15, 0.2) is 47.1 Å². The van der Waals surface area contributed by atoms with E-state index in [2.05, 4.69) is 43.4 Å². The van der Waals surface area contributed by atoms with E-state index in [-0.39, 0.29) is 0 Å². The Kier molecular flexibility index (Phi) is 5.22. The van der Waals surface area contributed by atoms with Crippen LogP contribution in [0.5, 0.6) is 0 Å².